The number of hydrogen-bond donors (Lipinski definition) is 1. The van der Waals surface area contributed by atoms with Gasteiger partial charge in [0.25, 0.3) is 0 Å². The van der Waals surface area contributed by atoms with Gasteiger partial charge in [0.2, 0.25) is 5.88 Å². The SMILES string of the molecule is COc1ncnc(N2CCC(CN)C2)c1C. The third-order valence-corrected chi connectivity index (χ3v) is 3.12. The summed E-state index contributed by atoms with van der Waals surface area (Å²) in [6.45, 7) is 4.74. The van der Waals surface area contributed by atoms with Crippen LogP contribution in [0.1, 0.15) is 12.0 Å². The molecule has 2 rings (SSSR count). The number of anilines is 1. The molecule has 1 aromatic heterocycles. The number of nitrogens with zero attached hydrogens (tertiary/aromatic N) is 3. The number of rotatable bonds is 3. The zero-order chi connectivity index (χ0) is 11.5. The van der Waals surface area contributed by atoms with Crippen molar-refractivity contribution in [2.24, 2.45) is 11.7 Å². The molecule has 0 spiro atoms. The van der Waals surface area contributed by atoms with Gasteiger partial charge in [-0.1, -0.05) is 0 Å². The summed E-state index contributed by atoms with van der Waals surface area (Å²) in [5.74, 6) is 2.21. The predicted molar refractivity (Wildman–Crippen MR) is 62.7 cm³/mol. The first-order valence-electron chi connectivity index (χ1n) is 5.57. The Bertz CT molecular complexity index is 369. The summed E-state index contributed by atoms with van der Waals surface area (Å²) < 4.78 is 5.20. The smallest absolute Gasteiger partial charge is 0.221 e. The van der Waals surface area contributed by atoms with E-state index in [9.17, 15) is 0 Å². The van der Waals surface area contributed by atoms with E-state index in [1.165, 1.54) is 0 Å². The fourth-order valence-electron chi connectivity index (χ4n) is 2.17. The molecule has 1 saturated heterocycles. The molecule has 0 radical (unpaired) electrons. The van der Waals surface area contributed by atoms with Gasteiger partial charge < -0.3 is 15.4 Å². The Kier molecular flexibility index (Phi) is 3.24. The van der Waals surface area contributed by atoms with Crippen molar-refractivity contribution in [1.29, 1.82) is 0 Å². The normalized spacial score (nSPS) is 20.2. The van der Waals surface area contributed by atoms with Gasteiger partial charge in [0.05, 0.1) is 12.7 Å². The van der Waals surface area contributed by atoms with E-state index < -0.39 is 0 Å². The minimum absolute atomic E-state index is 0.584. The zero-order valence-electron chi connectivity index (χ0n) is 9.81. The zero-order valence-corrected chi connectivity index (χ0v) is 9.81. The van der Waals surface area contributed by atoms with Crippen LogP contribution in [0.15, 0.2) is 6.33 Å². The van der Waals surface area contributed by atoms with Crippen molar-refractivity contribution in [1.82, 2.24) is 9.97 Å². The first kappa shape index (κ1) is 11.1. The standard InChI is InChI=1S/C11H18N4O/c1-8-10(13-7-14-11(8)16-2)15-4-3-9(5-12)6-15/h7,9H,3-6,12H2,1-2H3. The van der Waals surface area contributed by atoms with Crippen molar-refractivity contribution < 1.29 is 4.74 Å². The van der Waals surface area contributed by atoms with Crippen LogP contribution in [0.3, 0.4) is 0 Å². The minimum atomic E-state index is 0.584. The van der Waals surface area contributed by atoms with Crippen molar-refractivity contribution >= 4 is 5.82 Å². The van der Waals surface area contributed by atoms with Gasteiger partial charge in [0.15, 0.2) is 0 Å². The van der Waals surface area contributed by atoms with Crippen molar-refractivity contribution in [3.8, 4) is 5.88 Å². The molecule has 0 aliphatic carbocycles. The largest absolute Gasteiger partial charge is 0.481 e. The average Bonchev–Trinajstić information content (AvgIpc) is 2.78. The van der Waals surface area contributed by atoms with E-state index >= 15 is 0 Å². The lowest BCUT2D eigenvalue weighted by atomic mass is 10.1. The van der Waals surface area contributed by atoms with Crippen LogP contribution in [0, 0.1) is 12.8 Å². The van der Waals surface area contributed by atoms with Crippen molar-refractivity contribution in [2.75, 3.05) is 31.6 Å². The Morgan fingerprint density at radius 2 is 2.38 bits per heavy atom. The Labute approximate surface area is 95.6 Å². The summed E-state index contributed by atoms with van der Waals surface area (Å²) in [6.07, 6.45) is 2.69. The second-order valence-electron chi connectivity index (χ2n) is 4.17. The van der Waals surface area contributed by atoms with Gasteiger partial charge in [0, 0.05) is 13.1 Å². The highest BCUT2D eigenvalue weighted by Gasteiger charge is 2.24. The molecule has 1 fully saturated rings. The summed E-state index contributed by atoms with van der Waals surface area (Å²) in [5, 5.41) is 0. The molecule has 1 aliphatic rings. The average molecular weight is 222 g/mol. The molecule has 5 heteroatoms. The highest BCUT2D eigenvalue weighted by molar-refractivity contribution is 5.50. The van der Waals surface area contributed by atoms with E-state index in [1.54, 1.807) is 13.4 Å². The van der Waals surface area contributed by atoms with E-state index in [1.807, 2.05) is 6.92 Å². The number of nitrogens with two attached hydrogens (primary N) is 1. The second-order valence-corrected chi connectivity index (χ2v) is 4.17. The Balaban J connectivity index is 2.21. The highest BCUT2D eigenvalue weighted by Crippen LogP contribution is 2.27. The van der Waals surface area contributed by atoms with Crippen molar-refractivity contribution in [3.63, 3.8) is 0 Å². The van der Waals surface area contributed by atoms with Crippen LogP contribution >= 0.6 is 0 Å². The third kappa shape index (κ3) is 1.95. The molecule has 1 atom stereocenters. The van der Waals surface area contributed by atoms with E-state index in [-0.39, 0.29) is 0 Å². The summed E-state index contributed by atoms with van der Waals surface area (Å²) in [5.41, 5.74) is 6.69. The lowest BCUT2D eigenvalue weighted by molar-refractivity contribution is 0.393. The minimum Gasteiger partial charge on any atom is -0.481 e. The van der Waals surface area contributed by atoms with Gasteiger partial charge in [-0.15, -0.1) is 0 Å². The van der Waals surface area contributed by atoms with Crippen LogP contribution in [0.25, 0.3) is 0 Å². The molecular weight excluding hydrogens is 204 g/mol. The topological polar surface area (TPSA) is 64.3 Å². The fraction of sp³-hybridized carbons (Fsp3) is 0.636. The molecule has 1 aliphatic heterocycles. The summed E-state index contributed by atoms with van der Waals surface area (Å²) >= 11 is 0. The van der Waals surface area contributed by atoms with Crippen LogP contribution in [-0.4, -0.2) is 36.7 Å². The van der Waals surface area contributed by atoms with Gasteiger partial charge in [-0.05, 0) is 25.8 Å². The maximum atomic E-state index is 5.68. The van der Waals surface area contributed by atoms with Crippen molar-refractivity contribution in [2.45, 2.75) is 13.3 Å². The third-order valence-electron chi connectivity index (χ3n) is 3.12. The molecule has 0 saturated carbocycles. The number of ether oxygens (including phenoxy) is 1. The molecule has 2 heterocycles. The van der Waals surface area contributed by atoms with E-state index in [4.69, 9.17) is 10.5 Å². The Morgan fingerprint density at radius 1 is 1.56 bits per heavy atom. The molecule has 1 unspecified atom stereocenters. The van der Waals surface area contributed by atoms with Crippen LogP contribution in [0.2, 0.25) is 0 Å². The monoisotopic (exact) mass is 222 g/mol. The molecule has 0 bridgehead atoms. The summed E-state index contributed by atoms with van der Waals surface area (Å²) in [6, 6.07) is 0. The predicted octanol–water partition coefficient (Wildman–Crippen LogP) is 0.579. The first-order chi connectivity index (χ1) is 7.76. The first-order valence-corrected chi connectivity index (χ1v) is 5.57. The number of methoxy groups -OCH3 is 1. The van der Waals surface area contributed by atoms with Gasteiger partial charge in [-0.3, -0.25) is 0 Å². The van der Waals surface area contributed by atoms with Gasteiger partial charge in [0.1, 0.15) is 12.1 Å². The Morgan fingerprint density at radius 3 is 3.00 bits per heavy atom. The lowest BCUT2D eigenvalue weighted by Crippen LogP contribution is -2.24. The number of aromatic nitrogens is 2. The lowest BCUT2D eigenvalue weighted by Gasteiger charge is -2.19. The fourth-order valence-corrected chi connectivity index (χ4v) is 2.17. The molecule has 5 nitrogen and oxygen atoms in total. The Hall–Kier alpha value is -1.36. The molecular formula is C11H18N4O. The van der Waals surface area contributed by atoms with Crippen molar-refractivity contribution in [3.05, 3.63) is 11.9 Å². The molecule has 1 aromatic rings. The maximum Gasteiger partial charge on any atom is 0.221 e. The molecule has 2 N–H and O–H groups in total. The highest BCUT2D eigenvalue weighted by atomic mass is 16.5. The second kappa shape index (κ2) is 4.65. The van der Waals surface area contributed by atoms with Gasteiger partial charge in [-0.2, -0.15) is 0 Å². The summed E-state index contributed by atoms with van der Waals surface area (Å²) in [7, 11) is 1.63. The van der Waals surface area contributed by atoms with E-state index in [0.717, 1.165) is 37.4 Å². The molecule has 0 aromatic carbocycles. The summed E-state index contributed by atoms with van der Waals surface area (Å²) in [4.78, 5) is 10.7. The van der Waals surface area contributed by atoms with E-state index in [2.05, 4.69) is 14.9 Å². The van der Waals surface area contributed by atoms with Gasteiger partial charge >= 0.3 is 0 Å². The van der Waals surface area contributed by atoms with Crippen LogP contribution < -0.4 is 15.4 Å². The molecule has 88 valence electrons. The van der Waals surface area contributed by atoms with Crippen LogP contribution in [0.5, 0.6) is 5.88 Å². The molecule has 16 heavy (non-hydrogen) atoms. The van der Waals surface area contributed by atoms with Crippen LogP contribution in [0.4, 0.5) is 5.82 Å². The van der Waals surface area contributed by atoms with Gasteiger partial charge in [-0.25, -0.2) is 9.97 Å². The van der Waals surface area contributed by atoms with Crippen LogP contribution in [-0.2, 0) is 0 Å². The molecule has 0 amide bonds. The quantitative estimate of drug-likeness (QED) is 0.810. The maximum absolute atomic E-state index is 5.68. The van der Waals surface area contributed by atoms with E-state index in [0.29, 0.717) is 11.8 Å². The number of hydrogen-bond acceptors (Lipinski definition) is 5.